The first kappa shape index (κ1) is 13.2. The molecule has 0 atom stereocenters. The normalized spacial score (nSPS) is 23.7. The molecule has 0 saturated carbocycles. The van der Waals surface area contributed by atoms with Gasteiger partial charge in [0.2, 0.25) is 0 Å². The van der Waals surface area contributed by atoms with E-state index in [1.54, 1.807) is 13.0 Å². The summed E-state index contributed by atoms with van der Waals surface area (Å²) >= 11 is 0. The summed E-state index contributed by atoms with van der Waals surface area (Å²) in [6.45, 7) is 1.63. The summed E-state index contributed by atoms with van der Waals surface area (Å²) < 4.78 is 24.3. The van der Waals surface area contributed by atoms with Crippen molar-refractivity contribution in [2.45, 2.75) is 25.8 Å². The molecule has 1 aromatic rings. The Morgan fingerprint density at radius 1 is 1.39 bits per heavy atom. The minimum atomic E-state index is -0.728. The van der Waals surface area contributed by atoms with Gasteiger partial charge in [-0.15, -0.1) is 0 Å². The van der Waals surface area contributed by atoms with E-state index < -0.39 is 10.8 Å². The zero-order chi connectivity index (χ0) is 13.1. The highest BCUT2D eigenvalue weighted by Crippen LogP contribution is 2.12. The summed E-state index contributed by atoms with van der Waals surface area (Å²) in [4.78, 5) is 11.9. The van der Waals surface area contributed by atoms with Gasteiger partial charge >= 0.3 is 0 Å². The molecule has 0 unspecified atom stereocenters. The first-order chi connectivity index (χ1) is 8.56. The number of rotatable bonds is 2. The van der Waals surface area contributed by atoms with Crippen LogP contribution in [0.5, 0.6) is 0 Å². The van der Waals surface area contributed by atoms with E-state index in [1.807, 2.05) is 0 Å². The molecule has 1 aromatic carbocycles. The highest BCUT2D eigenvalue weighted by molar-refractivity contribution is 7.85. The van der Waals surface area contributed by atoms with Crippen LogP contribution in [0, 0.1) is 12.7 Å². The number of aryl methyl sites for hydroxylation is 1. The Morgan fingerprint density at radius 3 is 2.67 bits per heavy atom. The maximum atomic E-state index is 13.1. The second kappa shape index (κ2) is 5.61. The molecule has 0 radical (unpaired) electrons. The fraction of sp³-hybridized carbons (Fsp3) is 0.462. The van der Waals surface area contributed by atoms with E-state index in [0.29, 0.717) is 22.6 Å². The third kappa shape index (κ3) is 3.16. The van der Waals surface area contributed by atoms with E-state index in [4.69, 9.17) is 0 Å². The topological polar surface area (TPSA) is 46.2 Å². The quantitative estimate of drug-likeness (QED) is 0.889. The molecule has 98 valence electrons. The van der Waals surface area contributed by atoms with Crippen LogP contribution in [0.4, 0.5) is 4.39 Å². The van der Waals surface area contributed by atoms with E-state index in [1.165, 1.54) is 12.1 Å². The number of carbonyl (C=O) groups is 1. The molecule has 2 rings (SSSR count). The third-order valence-corrected chi connectivity index (χ3v) is 4.53. The Hall–Kier alpha value is -1.23. The molecule has 0 bridgehead atoms. The molecule has 1 N–H and O–H groups in total. The predicted octanol–water partition coefficient (Wildman–Crippen LogP) is 1.78. The van der Waals surface area contributed by atoms with E-state index >= 15 is 0 Å². The first-order valence-electron chi connectivity index (χ1n) is 5.98. The van der Waals surface area contributed by atoms with Crippen LogP contribution in [0.2, 0.25) is 0 Å². The standard InChI is InChI=1S/C13H16FNO2S/c1-9-8-10(2-3-12(9)14)13(16)15-11-4-6-18(17)7-5-11/h2-3,8,11H,4-7H2,1H3,(H,15,16). The average molecular weight is 269 g/mol. The van der Waals surface area contributed by atoms with E-state index in [2.05, 4.69) is 5.32 Å². The minimum absolute atomic E-state index is 0.0839. The Kier molecular flexibility index (Phi) is 4.11. The number of hydrogen-bond donors (Lipinski definition) is 1. The molecule has 0 aromatic heterocycles. The van der Waals surface area contributed by atoms with Crippen molar-refractivity contribution in [2.75, 3.05) is 11.5 Å². The summed E-state index contributed by atoms with van der Waals surface area (Å²) in [6.07, 6.45) is 1.50. The van der Waals surface area contributed by atoms with Crippen LogP contribution in [0.3, 0.4) is 0 Å². The van der Waals surface area contributed by atoms with Crippen molar-refractivity contribution in [2.24, 2.45) is 0 Å². The Labute approximate surface area is 108 Å². The fourth-order valence-corrected chi connectivity index (χ4v) is 3.29. The average Bonchev–Trinajstić information content (AvgIpc) is 2.35. The van der Waals surface area contributed by atoms with Gasteiger partial charge in [-0.1, -0.05) is 0 Å². The lowest BCUT2D eigenvalue weighted by molar-refractivity contribution is 0.0934. The largest absolute Gasteiger partial charge is 0.349 e. The molecule has 1 amide bonds. The number of amides is 1. The van der Waals surface area contributed by atoms with Gasteiger partial charge in [0.05, 0.1) is 0 Å². The second-order valence-electron chi connectivity index (χ2n) is 4.56. The van der Waals surface area contributed by atoms with Gasteiger partial charge in [-0.05, 0) is 43.5 Å². The Morgan fingerprint density at radius 2 is 2.06 bits per heavy atom. The molecule has 18 heavy (non-hydrogen) atoms. The number of benzene rings is 1. The molecule has 1 saturated heterocycles. The van der Waals surface area contributed by atoms with Crippen molar-refractivity contribution >= 4 is 16.7 Å². The van der Waals surface area contributed by atoms with Gasteiger partial charge in [0.15, 0.2) is 0 Å². The van der Waals surface area contributed by atoms with Gasteiger partial charge in [0.1, 0.15) is 5.82 Å². The number of halogens is 1. The molecule has 1 aliphatic rings. The highest BCUT2D eigenvalue weighted by atomic mass is 32.2. The Balaban J connectivity index is 1.99. The summed E-state index contributed by atoms with van der Waals surface area (Å²) in [5, 5.41) is 2.91. The molecule has 0 aliphatic carbocycles. The van der Waals surface area contributed by atoms with Gasteiger partial charge in [-0.25, -0.2) is 4.39 Å². The summed E-state index contributed by atoms with van der Waals surface area (Å²) in [5.74, 6) is 0.802. The van der Waals surface area contributed by atoms with E-state index in [0.717, 1.165) is 12.8 Å². The molecular weight excluding hydrogens is 253 g/mol. The van der Waals surface area contributed by atoms with Gasteiger partial charge < -0.3 is 5.32 Å². The van der Waals surface area contributed by atoms with Crippen LogP contribution in [-0.2, 0) is 10.8 Å². The third-order valence-electron chi connectivity index (χ3n) is 3.14. The maximum Gasteiger partial charge on any atom is 0.251 e. The van der Waals surface area contributed by atoms with Gasteiger partial charge in [0, 0.05) is 33.9 Å². The number of carbonyl (C=O) groups excluding carboxylic acids is 1. The molecular formula is C13H16FNO2S. The Bertz CT molecular complexity index is 480. The maximum absolute atomic E-state index is 13.1. The first-order valence-corrected chi connectivity index (χ1v) is 7.47. The lowest BCUT2D eigenvalue weighted by Crippen LogP contribution is -2.39. The molecule has 5 heteroatoms. The van der Waals surface area contributed by atoms with Crippen LogP contribution in [0.1, 0.15) is 28.8 Å². The van der Waals surface area contributed by atoms with Gasteiger partial charge in [-0.2, -0.15) is 0 Å². The second-order valence-corrected chi connectivity index (χ2v) is 6.26. The molecule has 1 fully saturated rings. The number of hydrogen-bond acceptors (Lipinski definition) is 2. The van der Waals surface area contributed by atoms with E-state index in [9.17, 15) is 13.4 Å². The zero-order valence-electron chi connectivity index (χ0n) is 10.2. The van der Waals surface area contributed by atoms with Crippen molar-refractivity contribution in [1.29, 1.82) is 0 Å². The van der Waals surface area contributed by atoms with Crippen molar-refractivity contribution in [3.63, 3.8) is 0 Å². The summed E-state index contributed by atoms with van der Waals surface area (Å²) in [6, 6.07) is 4.42. The lowest BCUT2D eigenvalue weighted by atomic mass is 10.1. The SMILES string of the molecule is Cc1cc(C(=O)NC2CCS(=O)CC2)ccc1F. The monoisotopic (exact) mass is 269 g/mol. The summed E-state index contributed by atoms with van der Waals surface area (Å²) in [5.41, 5.74) is 0.938. The smallest absolute Gasteiger partial charge is 0.251 e. The van der Waals surface area contributed by atoms with Crippen LogP contribution in [0.15, 0.2) is 18.2 Å². The molecule has 1 aliphatic heterocycles. The van der Waals surface area contributed by atoms with Crippen LogP contribution in [0.25, 0.3) is 0 Å². The van der Waals surface area contributed by atoms with Crippen molar-refractivity contribution in [3.8, 4) is 0 Å². The van der Waals surface area contributed by atoms with Crippen LogP contribution >= 0.6 is 0 Å². The summed E-state index contributed by atoms with van der Waals surface area (Å²) in [7, 11) is -0.728. The van der Waals surface area contributed by atoms with Crippen LogP contribution in [-0.4, -0.2) is 27.7 Å². The molecule has 3 nitrogen and oxygen atoms in total. The van der Waals surface area contributed by atoms with E-state index in [-0.39, 0.29) is 17.8 Å². The fourth-order valence-electron chi connectivity index (χ4n) is 1.99. The van der Waals surface area contributed by atoms with Crippen molar-refractivity contribution < 1.29 is 13.4 Å². The van der Waals surface area contributed by atoms with Crippen LogP contribution < -0.4 is 5.32 Å². The zero-order valence-corrected chi connectivity index (χ0v) is 11.1. The number of nitrogens with one attached hydrogen (secondary N) is 1. The van der Waals surface area contributed by atoms with Crippen molar-refractivity contribution in [3.05, 3.63) is 35.1 Å². The predicted molar refractivity (Wildman–Crippen MR) is 69.5 cm³/mol. The van der Waals surface area contributed by atoms with Gasteiger partial charge in [0.25, 0.3) is 5.91 Å². The highest BCUT2D eigenvalue weighted by Gasteiger charge is 2.20. The lowest BCUT2D eigenvalue weighted by Gasteiger charge is -2.22. The molecule has 1 heterocycles. The van der Waals surface area contributed by atoms with Gasteiger partial charge in [-0.3, -0.25) is 9.00 Å². The van der Waals surface area contributed by atoms with Crippen molar-refractivity contribution in [1.82, 2.24) is 5.32 Å². The molecule has 0 spiro atoms. The minimum Gasteiger partial charge on any atom is -0.349 e.